The van der Waals surface area contributed by atoms with Crippen LogP contribution >= 0.6 is 22.7 Å². The molecule has 0 aromatic carbocycles. The van der Waals surface area contributed by atoms with Crippen molar-refractivity contribution in [2.45, 2.75) is 43.0 Å². The smallest absolute Gasteiger partial charge is 0.341 e. The Hall–Kier alpha value is -2.28. The summed E-state index contributed by atoms with van der Waals surface area (Å²) >= 11 is 2.34. The standard InChI is InChI=1S/C20H23N3O6S3/c1-12(24)22-9-7-13-15(11-22)31-19(17(13)20(26)29-2)21-18(25)14-5-3-8-23(14)32(27,28)16-6-4-10-30-16/h4,6,10,14H,3,5,7-9,11H2,1-2H3,(H,21,25). The molecule has 2 aliphatic heterocycles. The predicted molar refractivity (Wildman–Crippen MR) is 120 cm³/mol. The van der Waals surface area contributed by atoms with E-state index >= 15 is 0 Å². The van der Waals surface area contributed by atoms with Gasteiger partial charge in [0, 0.05) is 24.9 Å². The van der Waals surface area contributed by atoms with Gasteiger partial charge in [0.05, 0.1) is 19.2 Å². The zero-order chi connectivity index (χ0) is 23.0. The number of rotatable bonds is 5. The molecule has 12 heteroatoms. The summed E-state index contributed by atoms with van der Waals surface area (Å²) in [5.74, 6) is -1.10. The van der Waals surface area contributed by atoms with Crippen LogP contribution in [0.3, 0.4) is 0 Å². The monoisotopic (exact) mass is 497 g/mol. The number of carbonyl (C=O) groups excluding carboxylic acids is 3. The van der Waals surface area contributed by atoms with Crippen LogP contribution in [0.15, 0.2) is 21.7 Å². The number of anilines is 1. The Labute approximate surface area is 194 Å². The zero-order valence-electron chi connectivity index (χ0n) is 17.6. The number of esters is 1. The van der Waals surface area contributed by atoms with Crippen molar-refractivity contribution in [2.75, 3.05) is 25.5 Å². The van der Waals surface area contributed by atoms with Crippen molar-refractivity contribution in [3.8, 4) is 0 Å². The highest BCUT2D eigenvalue weighted by molar-refractivity contribution is 7.91. The number of hydrogen-bond donors (Lipinski definition) is 1. The number of thiophene rings is 2. The molecule has 0 saturated carbocycles. The summed E-state index contributed by atoms with van der Waals surface area (Å²) in [6.45, 7) is 2.59. The quantitative estimate of drug-likeness (QED) is 0.634. The largest absolute Gasteiger partial charge is 0.465 e. The molecule has 0 spiro atoms. The maximum atomic E-state index is 13.2. The van der Waals surface area contributed by atoms with Gasteiger partial charge in [-0.05, 0) is 36.3 Å². The average molecular weight is 498 g/mol. The van der Waals surface area contributed by atoms with Crippen molar-refractivity contribution in [1.29, 1.82) is 0 Å². The van der Waals surface area contributed by atoms with Crippen LogP contribution in [0.25, 0.3) is 0 Å². The van der Waals surface area contributed by atoms with Gasteiger partial charge in [0.1, 0.15) is 15.3 Å². The maximum absolute atomic E-state index is 13.2. The highest BCUT2D eigenvalue weighted by Crippen LogP contribution is 2.38. The Balaban J connectivity index is 1.62. The summed E-state index contributed by atoms with van der Waals surface area (Å²) in [7, 11) is -2.50. The van der Waals surface area contributed by atoms with Gasteiger partial charge in [-0.25, -0.2) is 13.2 Å². The molecule has 9 nitrogen and oxygen atoms in total. The molecule has 1 unspecified atom stereocenters. The van der Waals surface area contributed by atoms with Gasteiger partial charge in [-0.1, -0.05) is 6.07 Å². The van der Waals surface area contributed by atoms with Crippen molar-refractivity contribution in [3.63, 3.8) is 0 Å². The van der Waals surface area contributed by atoms with E-state index in [1.807, 2.05) is 0 Å². The fraction of sp³-hybridized carbons (Fsp3) is 0.450. The molecule has 0 aliphatic carbocycles. The highest BCUT2D eigenvalue weighted by Gasteiger charge is 2.41. The summed E-state index contributed by atoms with van der Waals surface area (Å²) < 4.78 is 32.4. The van der Waals surface area contributed by atoms with Gasteiger partial charge in [-0.15, -0.1) is 22.7 Å². The number of sulfonamides is 1. The fourth-order valence-electron chi connectivity index (χ4n) is 4.09. The summed E-state index contributed by atoms with van der Waals surface area (Å²) in [5, 5.41) is 4.80. The topological polar surface area (TPSA) is 113 Å². The summed E-state index contributed by atoms with van der Waals surface area (Å²) in [5.41, 5.74) is 1.05. The first-order chi connectivity index (χ1) is 15.2. The van der Waals surface area contributed by atoms with E-state index in [9.17, 15) is 22.8 Å². The maximum Gasteiger partial charge on any atom is 0.341 e. The molecule has 32 heavy (non-hydrogen) atoms. The normalized spacial score (nSPS) is 18.9. The number of amides is 2. The second-order valence-corrected chi connectivity index (χ2v) is 11.8. The molecule has 1 fully saturated rings. The van der Waals surface area contributed by atoms with Crippen molar-refractivity contribution in [2.24, 2.45) is 0 Å². The Morgan fingerprint density at radius 2 is 2.03 bits per heavy atom. The third-order valence-corrected chi connectivity index (χ3v) is 10.1. The van der Waals surface area contributed by atoms with E-state index in [0.29, 0.717) is 37.4 Å². The van der Waals surface area contributed by atoms with E-state index in [-0.39, 0.29) is 22.2 Å². The summed E-state index contributed by atoms with van der Waals surface area (Å²) in [4.78, 5) is 40.0. The minimum atomic E-state index is -3.77. The molecule has 4 rings (SSSR count). The highest BCUT2D eigenvalue weighted by atomic mass is 32.2. The number of hydrogen-bond acceptors (Lipinski definition) is 8. The van der Waals surface area contributed by atoms with Gasteiger partial charge in [0.15, 0.2) is 0 Å². The van der Waals surface area contributed by atoms with Crippen LogP contribution in [0, 0.1) is 0 Å². The van der Waals surface area contributed by atoms with E-state index < -0.39 is 27.9 Å². The van der Waals surface area contributed by atoms with Gasteiger partial charge >= 0.3 is 5.97 Å². The molecular formula is C20H23N3O6S3. The van der Waals surface area contributed by atoms with Crippen LogP contribution < -0.4 is 5.32 Å². The lowest BCUT2D eigenvalue weighted by Crippen LogP contribution is -2.42. The molecule has 2 aromatic heterocycles. The SMILES string of the molecule is COC(=O)c1c(NC(=O)C2CCCN2S(=O)(=O)c2cccs2)sc2c1CCN(C(C)=O)C2. The lowest BCUT2D eigenvalue weighted by molar-refractivity contribution is -0.129. The van der Waals surface area contributed by atoms with E-state index in [4.69, 9.17) is 4.74 Å². The summed E-state index contributed by atoms with van der Waals surface area (Å²) in [6.07, 6.45) is 1.45. The number of ether oxygens (including phenoxy) is 1. The molecule has 1 N–H and O–H groups in total. The first-order valence-electron chi connectivity index (χ1n) is 10.1. The summed E-state index contributed by atoms with van der Waals surface area (Å²) in [6, 6.07) is 2.32. The van der Waals surface area contributed by atoms with Crippen LogP contribution in [-0.4, -0.2) is 61.6 Å². The molecule has 2 aromatic rings. The number of methoxy groups -OCH3 is 1. The van der Waals surface area contributed by atoms with Crippen molar-refractivity contribution >= 4 is 55.5 Å². The molecule has 4 heterocycles. The molecule has 2 aliphatic rings. The number of fused-ring (bicyclic) bond motifs is 1. The van der Waals surface area contributed by atoms with Gasteiger partial charge in [0.25, 0.3) is 10.0 Å². The van der Waals surface area contributed by atoms with E-state index in [0.717, 1.165) is 21.8 Å². The lowest BCUT2D eigenvalue weighted by atomic mass is 10.0. The number of carbonyl (C=O) groups is 3. The Morgan fingerprint density at radius 3 is 2.69 bits per heavy atom. The lowest BCUT2D eigenvalue weighted by Gasteiger charge is -2.25. The van der Waals surface area contributed by atoms with Crippen LogP contribution in [0.4, 0.5) is 5.00 Å². The molecule has 2 amide bonds. The average Bonchev–Trinajstić information content (AvgIpc) is 3.52. The van der Waals surface area contributed by atoms with Crippen molar-refractivity contribution in [1.82, 2.24) is 9.21 Å². The van der Waals surface area contributed by atoms with E-state index in [1.54, 1.807) is 16.3 Å². The van der Waals surface area contributed by atoms with Gasteiger partial charge in [-0.3, -0.25) is 9.59 Å². The Morgan fingerprint density at radius 1 is 1.25 bits per heavy atom. The zero-order valence-corrected chi connectivity index (χ0v) is 20.1. The van der Waals surface area contributed by atoms with Crippen LogP contribution in [-0.2, 0) is 37.3 Å². The first kappa shape index (κ1) is 22.9. The third-order valence-electron chi connectivity index (χ3n) is 5.69. The van der Waals surface area contributed by atoms with E-state index in [2.05, 4.69) is 5.32 Å². The van der Waals surface area contributed by atoms with Crippen molar-refractivity contribution < 1.29 is 27.5 Å². The van der Waals surface area contributed by atoms with Gasteiger partial charge in [0.2, 0.25) is 11.8 Å². The second-order valence-electron chi connectivity index (χ2n) is 7.59. The molecular weight excluding hydrogens is 474 g/mol. The predicted octanol–water partition coefficient (Wildman–Crippen LogP) is 2.29. The van der Waals surface area contributed by atoms with Gasteiger partial charge in [-0.2, -0.15) is 4.31 Å². The molecule has 1 saturated heterocycles. The second kappa shape index (κ2) is 8.93. The Bertz CT molecular complexity index is 1160. The molecule has 0 radical (unpaired) electrons. The van der Waals surface area contributed by atoms with Crippen LogP contribution in [0.5, 0.6) is 0 Å². The third kappa shape index (κ3) is 4.07. The van der Waals surface area contributed by atoms with Crippen molar-refractivity contribution in [3.05, 3.63) is 33.5 Å². The van der Waals surface area contributed by atoms with Crippen LogP contribution in [0.1, 0.15) is 40.6 Å². The molecule has 0 bridgehead atoms. The van der Waals surface area contributed by atoms with Gasteiger partial charge < -0.3 is 15.0 Å². The molecule has 1 atom stereocenters. The Kier molecular flexibility index (Phi) is 6.39. The van der Waals surface area contributed by atoms with E-state index in [1.165, 1.54) is 35.7 Å². The van der Waals surface area contributed by atoms with Crippen LogP contribution in [0.2, 0.25) is 0 Å². The number of nitrogens with zero attached hydrogens (tertiary/aromatic N) is 2. The fourth-order valence-corrected chi connectivity index (χ4v) is 8.12. The minimum absolute atomic E-state index is 0.0605. The molecule has 172 valence electrons. The minimum Gasteiger partial charge on any atom is -0.465 e. The first-order valence-corrected chi connectivity index (χ1v) is 13.2. The number of nitrogens with one attached hydrogen (secondary N) is 1.